The van der Waals surface area contributed by atoms with Gasteiger partial charge in [0, 0.05) is 36.1 Å². The van der Waals surface area contributed by atoms with Crippen LogP contribution < -0.4 is 20.1 Å². The van der Waals surface area contributed by atoms with E-state index in [4.69, 9.17) is 9.47 Å². The van der Waals surface area contributed by atoms with Crippen molar-refractivity contribution in [1.82, 2.24) is 20.3 Å². The molecule has 1 aliphatic rings. The van der Waals surface area contributed by atoms with Gasteiger partial charge in [-0.05, 0) is 49.4 Å². The molecule has 0 atom stereocenters. The number of rotatable bonds is 7. The van der Waals surface area contributed by atoms with Gasteiger partial charge in [0.15, 0.2) is 23.9 Å². The second kappa shape index (κ2) is 9.91. The fourth-order valence-corrected chi connectivity index (χ4v) is 3.98. The van der Waals surface area contributed by atoms with Crippen LogP contribution in [0.5, 0.6) is 11.5 Å². The van der Waals surface area contributed by atoms with Crippen molar-refractivity contribution in [3.05, 3.63) is 77.6 Å². The number of fused-ring (bicyclic) bond motifs is 1. The molecule has 5 rings (SSSR count). The summed E-state index contributed by atoms with van der Waals surface area (Å²) in [4.78, 5) is 36.8. The van der Waals surface area contributed by atoms with Gasteiger partial charge >= 0.3 is 0 Å². The fraction of sp³-hybridized carbons (Fsp3) is 0.185. The highest BCUT2D eigenvalue weighted by molar-refractivity contribution is 5.97. The summed E-state index contributed by atoms with van der Waals surface area (Å²) in [5, 5.41) is 5.65. The molecule has 0 radical (unpaired) electrons. The van der Waals surface area contributed by atoms with Crippen molar-refractivity contribution in [2.75, 3.05) is 25.6 Å². The lowest BCUT2D eigenvalue weighted by atomic mass is 10.1. The average Bonchev–Trinajstić information content (AvgIpc) is 3.35. The minimum atomic E-state index is -0.275. The van der Waals surface area contributed by atoms with Crippen LogP contribution in [0.3, 0.4) is 0 Å². The van der Waals surface area contributed by atoms with Gasteiger partial charge in [0.2, 0.25) is 0 Å². The number of hydrogen-bond donors (Lipinski definition) is 3. The zero-order valence-corrected chi connectivity index (χ0v) is 19.9. The van der Waals surface area contributed by atoms with E-state index in [-0.39, 0.29) is 18.4 Å². The van der Waals surface area contributed by atoms with Gasteiger partial charge in [0.05, 0.1) is 24.1 Å². The molecule has 0 bridgehead atoms. The van der Waals surface area contributed by atoms with Crippen molar-refractivity contribution in [3.63, 3.8) is 0 Å². The lowest BCUT2D eigenvalue weighted by molar-refractivity contribution is -0.118. The largest absolute Gasteiger partial charge is 0.493 e. The zero-order valence-electron chi connectivity index (χ0n) is 19.9. The number of anilines is 1. The molecule has 3 N–H and O–H groups in total. The van der Waals surface area contributed by atoms with Gasteiger partial charge in [-0.1, -0.05) is 17.7 Å². The molecule has 0 spiro atoms. The molecule has 2 amide bonds. The van der Waals surface area contributed by atoms with Crippen LogP contribution >= 0.6 is 0 Å². The van der Waals surface area contributed by atoms with Gasteiger partial charge in [0.25, 0.3) is 11.8 Å². The lowest BCUT2D eigenvalue weighted by Crippen LogP contribution is -2.31. The Hall–Kier alpha value is -4.66. The smallest absolute Gasteiger partial charge is 0.262 e. The Balaban J connectivity index is 1.31. The highest BCUT2D eigenvalue weighted by atomic mass is 16.5. The van der Waals surface area contributed by atoms with Crippen LogP contribution in [-0.2, 0) is 11.2 Å². The van der Waals surface area contributed by atoms with Crippen molar-refractivity contribution in [2.24, 2.45) is 0 Å². The third kappa shape index (κ3) is 4.90. The molecule has 4 aromatic rings. The molecule has 2 aromatic carbocycles. The summed E-state index contributed by atoms with van der Waals surface area (Å²) >= 11 is 0. The first kappa shape index (κ1) is 23.1. The Bertz CT molecular complexity index is 1430. The van der Waals surface area contributed by atoms with Gasteiger partial charge in [-0.2, -0.15) is 0 Å². The molecular formula is C27H25N5O4. The van der Waals surface area contributed by atoms with Gasteiger partial charge in [-0.3, -0.25) is 9.59 Å². The van der Waals surface area contributed by atoms with E-state index in [1.165, 1.54) is 7.11 Å². The summed E-state index contributed by atoms with van der Waals surface area (Å²) in [5.41, 5.74) is 5.52. The number of methoxy groups -OCH3 is 1. The molecule has 182 valence electrons. The molecule has 9 nitrogen and oxygen atoms in total. The Kier molecular flexibility index (Phi) is 6.36. The van der Waals surface area contributed by atoms with E-state index in [0.717, 1.165) is 28.9 Å². The van der Waals surface area contributed by atoms with E-state index in [2.05, 4.69) is 25.6 Å². The number of hydrogen-bond acceptors (Lipinski definition) is 6. The van der Waals surface area contributed by atoms with Gasteiger partial charge in [0.1, 0.15) is 0 Å². The number of nitrogens with zero attached hydrogens (tertiary/aromatic N) is 2. The minimum Gasteiger partial charge on any atom is -0.493 e. The summed E-state index contributed by atoms with van der Waals surface area (Å²) in [6.45, 7) is 2.43. The number of aromatic amines is 1. The van der Waals surface area contributed by atoms with Crippen LogP contribution in [0.4, 0.5) is 5.69 Å². The van der Waals surface area contributed by atoms with Crippen molar-refractivity contribution >= 4 is 17.5 Å². The number of benzene rings is 2. The molecule has 36 heavy (non-hydrogen) atoms. The summed E-state index contributed by atoms with van der Waals surface area (Å²) in [6.07, 6.45) is 2.42. The molecule has 3 heterocycles. The van der Waals surface area contributed by atoms with Crippen molar-refractivity contribution in [1.29, 1.82) is 0 Å². The predicted octanol–water partition coefficient (Wildman–Crippen LogP) is 3.76. The van der Waals surface area contributed by atoms with Gasteiger partial charge in [-0.15, -0.1) is 0 Å². The highest BCUT2D eigenvalue weighted by Crippen LogP contribution is 2.32. The maximum atomic E-state index is 12.3. The second-order valence-corrected chi connectivity index (χ2v) is 8.42. The molecular weight excluding hydrogens is 458 g/mol. The van der Waals surface area contributed by atoms with Crippen LogP contribution in [0.25, 0.3) is 22.8 Å². The third-order valence-corrected chi connectivity index (χ3v) is 5.85. The van der Waals surface area contributed by atoms with Crippen LogP contribution in [0.2, 0.25) is 0 Å². The Morgan fingerprint density at radius 3 is 2.69 bits per heavy atom. The molecule has 2 aromatic heterocycles. The molecule has 0 aliphatic carbocycles. The van der Waals surface area contributed by atoms with E-state index in [9.17, 15) is 9.59 Å². The molecule has 0 saturated carbocycles. The predicted molar refractivity (Wildman–Crippen MR) is 135 cm³/mol. The third-order valence-electron chi connectivity index (χ3n) is 5.85. The Morgan fingerprint density at radius 1 is 1.08 bits per heavy atom. The van der Waals surface area contributed by atoms with Gasteiger partial charge in [-0.25, -0.2) is 9.97 Å². The van der Waals surface area contributed by atoms with E-state index >= 15 is 0 Å². The van der Waals surface area contributed by atoms with E-state index < -0.39 is 0 Å². The minimum absolute atomic E-state index is 0.0825. The first-order valence-electron chi connectivity index (χ1n) is 11.5. The molecule has 0 unspecified atom stereocenters. The standard InChI is InChI=1S/C27H25N5O4/c1-16-3-6-18(7-4-16)30-25(33)15-36-23-8-5-17(13-24(23)35-2)26-28-11-10-21(32-26)22-14-19-20(31-22)9-12-29-27(19)34/h3-8,10-11,13-14,31H,9,12,15H2,1-2H3,(H,29,34)(H,30,33). The monoisotopic (exact) mass is 483 g/mol. The number of aromatic nitrogens is 3. The normalized spacial score (nSPS) is 12.4. The average molecular weight is 484 g/mol. The van der Waals surface area contributed by atoms with Crippen LogP contribution in [0, 0.1) is 6.92 Å². The summed E-state index contributed by atoms with van der Waals surface area (Å²) in [5.74, 6) is 1.02. The second-order valence-electron chi connectivity index (χ2n) is 8.42. The molecule has 0 saturated heterocycles. The maximum Gasteiger partial charge on any atom is 0.262 e. The maximum absolute atomic E-state index is 12.3. The molecule has 9 heteroatoms. The number of carbonyl (C=O) groups is 2. The van der Waals surface area contributed by atoms with Crippen molar-refractivity contribution in [3.8, 4) is 34.3 Å². The van der Waals surface area contributed by atoms with Crippen molar-refractivity contribution < 1.29 is 19.1 Å². The number of aryl methyl sites for hydroxylation is 1. The zero-order chi connectivity index (χ0) is 25.1. The highest BCUT2D eigenvalue weighted by Gasteiger charge is 2.20. The van der Waals surface area contributed by atoms with Gasteiger partial charge < -0.3 is 25.1 Å². The summed E-state index contributed by atoms with van der Waals surface area (Å²) < 4.78 is 11.2. The van der Waals surface area contributed by atoms with Crippen LogP contribution in [-0.4, -0.2) is 47.0 Å². The topological polar surface area (TPSA) is 118 Å². The summed E-state index contributed by atoms with van der Waals surface area (Å²) in [7, 11) is 1.53. The van der Waals surface area contributed by atoms with E-state index in [1.54, 1.807) is 24.4 Å². The van der Waals surface area contributed by atoms with Crippen molar-refractivity contribution in [2.45, 2.75) is 13.3 Å². The molecule has 1 aliphatic heterocycles. The number of amides is 2. The first-order chi connectivity index (χ1) is 17.5. The Labute approximate surface area is 207 Å². The van der Waals surface area contributed by atoms with E-state index in [1.807, 2.05) is 43.3 Å². The summed E-state index contributed by atoms with van der Waals surface area (Å²) in [6, 6.07) is 16.4. The molecule has 0 fully saturated rings. The quantitative estimate of drug-likeness (QED) is 0.368. The van der Waals surface area contributed by atoms with Crippen LogP contribution in [0.15, 0.2) is 60.8 Å². The first-order valence-corrected chi connectivity index (χ1v) is 11.5. The van der Waals surface area contributed by atoms with E-state index in [0.29, 0.717) is 40.8 Å². The Morgan fingerprint density at radius 2 is 1.92 bits per heavy atom. The number of H-pyrrole nitrogens is 1. The fourth-order valence-electron chi connectivity index (χ4n) is 3.98. The van der Waals surface area contributed by atoms with Crippen LogP contribution in [0.1, 0.15) is 21.6 Å². The number of carbonyl (C=O) groups excluding carboxylic acids is 2. The number of nitrogens with one attached hydrogen (secondary N) is 3. The lowest BCUT2D eigenvalue weighted by Gasteiger charge is -2.12. The SMILES string of the molecule is COc1cc(-c2nccc(-c3cc4c([nH]3)CCNC4=O)n2)ccc1OCC(=O)Nc1ccc(C)cc1. The number of ether oxygens (including phenoxy) is 2.